The first kappa shape index (κ1) is 16.3. The van der Waals surface area contributed by atoms with Crippen LogP contribution in [0.5, 0.6) is 0 Å². The summed E-state index contributed by atoms with van der Waals surface area (Å²) in [4.78, 5) is 26.8. The lowest BCUT2D eigenvalue weighted by molar-refractivity contribution is -0.161. The Kier molecular flexibility index (Phi) is 4.08. The Labute approximate surface area is 126 Å². The molecule has 0 aromatic carbocycles. The predicted molar refractivity (Wildman–Crippen MR) is 79.5 cm³/mol. The Hall–Kier alpha value is -1.11. The Morgan fingerprint density at radius 3 is 2.29 bits per heavy atom. The minimum absolute atomic E-state index is 0.0366. The summed E-state index contributed by atoms with van der Waals surface area (Å²) in [5, 5.41) is 2.83. The maximum Gasteiger partial charge on any atom is 0.248 e. The molecule has 21 heavy (non-hydrogen) atoms. The molecule has 0 aromatic rings. The molecule has 120 valence electrons. The number of hydrogen-bond acceptors (Lipinski definition) is 4. The molecule has 1 heterocycles. The van der Waals surface area contributed by atoms with Gasteiger partial charge in [0.2, 0.25) is 11.8 Å². The fourth-order valence-electron chi connectivity index (χ4n) is 3.37. The summed E-state index contributed by atoms with van der Waals surface area (Å²) < 4.78 is 22.6. The molecular weight excluding hydrogens is 292 g/mol. The number of rotatable bonds is 4. The Morgan fingerprint density at radius 1 is 1.19 bits per heavy atom. The molecule has 6 nitrogen and oxygen atoms in total. The SMILES string of the molecule is CC1(C)NC(=O)C2(CCCC2)N(CCCS(C)(=O)=O)C1=O. The van der Waals surface area contributed by atoms with Gasteiger partial charge >= 0.3 is 0 Å². The van der Waals surface area contributed by atoms with Crippen LogP contribution < -0.4 is 5.32 Å². The molecule has 0 unspecified atom stereocenters. The highest BCUT2D eigenvalue weighted by Crippen LogP contribution is 2.39. The van der Waals surface area contributed by atoms with E-state index in [0.717, 1.165) is 12.8 Å². The molecule has 1 N–H and O–H groups in total. The van der Waals surface area contributed by atoms with Gasteiger partial charge in [0.15, 0.2) is 0 Å². The largest absolute Gasteiger partial charge is 0.340 e. The van der Waals surface area contributed by atoms with E-state index in [2.05, 4.69) is 5.32 Å². The van der Waals surface area contributed by atoms with Crippen LogP contribution in [-0.4, -0.2) is 54.8 Å². The van der Waals surface area contributed by atoms with Crippen LogP contribution in [0.1, 0.15) is 46.0 Å². The average Bonchev–Trinajstić information content (AvgIpc) is 2.80. The van der Waals surface area contributed by atoms with Crippen molar-refractivity contribution in [2.75, 3.05) is 18.6 Å². The average molecular weight is 316 g/mol. The van der Waals surface area contributed by atoms with E-state index >= 15 is 0 Å². The van der Waals surface area contributed by atoms with Crippen LogP contribution >= 0.6 is 0 Å². The molecule has 0 radical (unpaired) electrons. The van der Waals surface area contributed by atoms with Gasteiger partial charge in [0.25, 0.3) is 0 Å². The first-order valence-corrected chi connectivity index (χ1v) is 9.47. The normalized spacial score (nSPS) is 24.4. The Bertz CT molecular complexity index is 547. The van der Waals surface area contributed by atoms with E-state index in [4.69, 9.17) is 0 Å². The van der Waals surface area contributed by atoms with Crippen LogP contribution in [0.3, 0.4) is 0 Å². The molecule has 1 saturated carbocycles. The van der Waals surface area contributed by atoms with Gasteiger partial charge in [0, 0.05) is 12.8 Å². The van der Waals surface area contributed by atoms with Gasteiger partial charge < -0.3 is 10.2 Å². The van der Waals surface area contributed by atoms with Crippen LogP contribution in [0, 0.1) is 0 Å². The van der Waals surface area contributed by atoms with Gasteiger partial charge in [-0.05, 0) is 33.1 Å². The molecule has 1 spiro atoms. The molecule has 1 saturated heterocycles. The molecule has 0 bridgehead atoms. The van der Waals surface area contributed by atoms with Crippen molar-refractivity contribution < 1.29 is 18.0 Å². The third kappa shape index (κ3) is 3.07. The van der Waals surface area contributed by atoms with Gasteiger partial charge in [-0.25, -0.2) is 8.42 Å². The van der Waals surface area contributed by atoms with E-state index in [1.807, 2.05) is 0 Å². The third-order valence-electron chi connectivity index (χ3n) is 4.47. The predicted octanol–water partition coefficient (Wildman–Crippen LogP) is 0.471. The first-order chi connectivity index (χ1) is 9.58. The van der Waals surface area contributed by atoms with E-state index in [1.165, 1.54) is 6.26 Å². The maximum atomic E-state index is 12.7. The van der Waals surface area contributed by atoms with E-state index in [0.29, 0.717) is 25.8 Å². The molecule has 2 fully saturated rings. The number of nitrogens with zero attached hydrogens (tertiary/aromatic N) is 1. The van der Waals surface area contributed by atoms with Crippen molar-refractivity contribution in [1.82, 2.24) is 10.2 Å². The molecule has 1 aliphatic carbocycles. The van der Waals surface area contributed by atoms with Crippen molar-refractivity contribution in [3.05, 3.63) is 0 Å². The third-order valence-corrected chi connectivity index (χ3v) is 5.50. The van der Waals surface area contributed by atoms with Gasteiger partial charge in [-0.15, -0.1) is 0 Å². The summed E-state index contributed by atoms with van der Waals surface area (Å²) in [6, 6.07) is 0. The number of amides is 2. The summed E-state index contributed by atoms with van der Waals surface area (Å²) in [6.45, 7) is 3.71. The van der Waals surface area contributed by atoms with Crippen molar-refractivity contribution in [3.8, 4) is 0 Å². The van der Waals surface area contributed by atoms with E-state index in [9.17, 15) is 18.0 Å². The second-order valence-corrected chi connectivity index (χ2v) is 9.02. The molecule has 7 heteroatoms. The number of carbonyl (C=O) groups is 2. The number of hydrogen-bond donors (Lipinski definition) is 1. The molecule has 0 atom stereocenters. The van der Waals surface area contributed by atoms with Crippen molar-refractivity contribution in [3.63, 3.8) is 0 Å². The fraction of sp³-hybridized carbons (Fsp3) is 0.857. The van der Waals surface area contributed by atoms with Crippen molar-refractivity contribution in [2.24, 2.45) is 0 Å². The summed E-state index contributed by atoms with van der Waals surface area (Å²) in [7, 11) is -3.06. The number of carbonyl (C=O) groups excluding carboxylic acids is 2. The Morgan fingerprint density at radius 2 is 1.76 bits per heavy atom. The van der Waals surface area contributed by atoms with Crippen molar-refractivity contribution in [2.45, 2.75) is 57.0 Å². The van der Waals surface area contributed by atoms with Crippen molar-refractivity contribution in [1.29, 1.82) is 0 Å². The van der Waals surface area contributed by atoms with Gasteiger partial charge in [0.1, 0.15) is 20.9 Å². The molecule has 1 aliphatic heterocycles. The molecule has 0 aromatic heterocycles. The highest BCUT2D eigenvalue weighted by Gasteiger charge is 2.55. The van der Waals surface area contributed by atoms with E-state index < -0.39 is 20.9 Å². The zero-order chi connectivity index (χ0) is 15.9. The van der Waals surface area contributed by atoms with E-state index in [-0.39, 0.29) is 17.6 Å². The van der Waals surface area contributed by atoms with Gasteiger partial charge in [-0.3, -0.25) is 9.59 Å². The lowest BCUT2D eigenvalue weighted by Gasteiger charge is -2.49. The molecule has 2 amide bonds. The van der Waals surface area contributed by atoms with Crippen LogP contribution in [0.2, 0.25) is 0 Å². The number of nitrogens with one attached hydrogen (secondary N) is 1. The molecular formula is C14H24N2O4S. The monoisotopic (exact) mass is 316 g/mol. The lowest BCUT2D eigenvalue weighted by atomic mass is 9.85. The van der Waals surface area contributed by atoms with E-state index in [1.54, 1.807) is 18.7 Å². The van der Waals surface area contributed by atoms with Gasteiger partial charge in [0.05, 0.1) is 5.75 Å². The number of piperazine rings is 1. The topological polar surface area (TPSA) is 83.6 Å². The standard InChI is InChI=1S/C14H24N2O4S/c1-13(2)12(18)16(9-6-10-21(3,19)20)14(11(17)15-13)7-4-5-8-14/h4-10H2,1-3H3,(H,15,17). The molecule has 2 aliphatic rings. The Balaban J connectivity index is 2.22. The smallest absolute Gasteiger partial charge is 0.248 e. The van der Waals surface area contributed by atoms with Crippen LogP contribution in [0.25, 0.3) is 0 Å². The van der Waals surface area contributed by atoms with Crippen molar-refractivity contribution >= 4 is 21.7 Å². The summed E-state index contributed by atoms with van der Waals surface area (Å²) in [5.74, 6) is -0.170. The van der Waals surface area contributed by atoms with Crippen LogP contribution in [-0.2, 0) is 19.4 Å². The van der Waals surface area contributed by atoms with Gasteiger partial charge in [-0.2, -0.15) is 0 Å². The highest BCUT2D eigenvalue weighted by molar-refractivity contribution is 7.90. The van der Waals surface area contributed by atoms with Gasteiger partial charge in [-0.1, -0.05) is 12.8 Å². The quantitative estimate of drug-likeness (QED) is 0.817. The lowest BCUT2D eigenvalue weighted by Crippen LogP contribution is -2.73. The minimum Gasteiger partial charge on any atom is -0.340 e. The van der Waals surface area contributed by atoms with Crippen LogP contribution in [0.15, 0.2) is 0 Å². The first-order valence-electron chi connectivity index (χ1n) is 7.41. The highest BCUT2D eigenvalue weighted by atomic mass is 32.2. The summed E-state index contributed by atoms with van der Waals surface area (Å²) in [6.07, 6.45) is 4.73. The summed E-state index contributed by atoms with van der Waals surface area (Å²) >= 11 is 0. The minimum atomic E-state index is -3.06. The zero-order valence-corrected chi connectivity index (χ0v) is 13.8. The van der Waals surface area contributed by atoms with Crippen LogP contribution in [0.4, 0.5) is 0 Å². The second-order valence-electron chi connectivity index (χ2n) is 6.76. The fourth-order valence-corrected chi connectivity index (χ4v) is 4.02. The summed E-state index contributed by atoms with van der Waals surface area (Å²) in [5.41, 5.74) is -1.68. The zero-order valence-electron chi connectivity index (χ0n) is 12.9. The second kappa shape index (κ2) is 5.26. The molecule has 2 rings (SSSR count). The maximum absolute atomic E-state index is 12.7. The number of sulfone groups is 1.